The molecule has 0 unspecified atom stereocenters. The molecule has 0 bridgehead atoms. The zero-order chi connectivity index (χ0) is 17.6. The van der Waals surface area contributed by atoms with Gasteiger partial charge in [0.05, 0.1) is 11.0 Å². The van der Waals surface area contributed by atoms with E-state index in [1.165, 1.54) is 5.56 Å². The zero-order valence-corrected chi connectivity index (χ0v) is 14.6. The fourth-order valence-corrected chi connectivity index (χ4v) is 2.65. The Labute approximate surface area is 148 Å². The van der Waals surface area contributed by atoms with Crippen LogP contribution in [-0.2, 0) is 11.2 Å². The van der Waals surface area contributed by atoms with Gasteiger partial charge < -0.3 is 10.3 Å². The van der Waals surface area contributed by atoms with Crippen molar-refractivity contribution in [1.29, 1.82) is 0 Å². The number of rotatable bonds is 6. The molecule has 2 aromatic carbocycles. The lowest BCUT2D eigenvalue weighted by Gasteiger charge is -2.04. The number of hydrogen-bond donors (Lipinski definition) is 2. The van der Waals surface area contributed by atoms with Gasteiger partial charge in [0, 0.05) is 19.0 Å². The summed E-state index contributed by atoms with van der Waals surface area (Å²) < 4.78 is 0. The van der Waals surface area contributed by atoms with Gasteiger partial charge in [-0.25, -0.2) is 4.98 Å². The highest BCUT2D eigenvalue weighted by atomic mass is 16.1. The van der Waals surface area contributed by atoms with Gasteiger partial charge in [-0.15, -0.1) is 0 Å². The van der Waals surface area contributed by atoms with Crippen LogP contribution >= 0.6 is 0 Å². The van der Waals surface area contributed by atoms with E-state index in [2.05, 4.69) is 41.3 Å². The number of amides is 1. The summed E-state index contributed by atoms with van der Waals surface area (Å²) >= 11 is 0. The number of carbonyl (C=O) groups is 1. The Balaban J connectivity index is 1.48. The number of imidazole rings is 1. The maximum Gasteiger partial charge on any atom is 0.244 e. The van der Waals surface area contributed by atoms with Crippen LogP contribution in [0.25, 0.3) is 17.1 Å². The van der Waals surface area contributed by atoms with E-state index in [0.29, 0.717) is 18.9 Å². The predicted molar refractivity (Wildman–Crippen MR) is 102 cm³/mol. The van der Waals surface area contributed by atoms with Gasteiger partial charge in [0.25, 0.3) is 0 Å². The third-order valence-corrected chi connectivity index (χ3v) is 4.13. The number of nitrogens with zero attached hydrogens (tertiary/aromatic N) is 1. The van der Waals surface area contributed by atoms with Crippen LogP contribution in [0, 0.1) is 0 Å². The third kappa shape index (κ3) is 4.57. The highest BCUT2D eigenvalue weighted by Gasteiger charge is 2.02. The average Bonchev–Trinajstić information content (AvgIpc) is 3.03. The van der Waals surface area contributed by atoms with Crippen molar-refractivity contribution in [2.75, 3.05) is 6.54 Å². The number of fused-ring (bicyclic) bond motifs is 1. The second-order valence-corrected chi connectivity index (χ2v) is 6.40. The lowest BCUT2D eigenvalue weighted by Crippen LogP contribution is -2.23. The quantitative estimate of drug-likeness (QED) is 0.668. The normalized spacial score (nSPS) is 11.5. The molecule has 25 heavy (non-hydrogen) atoms. The first-order valence-electron chi connectivity index (χ1n) is 8.61. The van der Waals surface area contributed by atoms with Crippen molar-refractivity contribution in [3.8, 4) is 0 Å². The molecule has 0 aliphatic heterocycles. The zero-order valence-electron chi connectivity index (χ0n) is 14.6. The molecule has 3 rings (SSSR count). The van der Waals surface area contributed by atoms with E-state index in [9.17, 15) is 4.79 Å². The number of benzene rings is 2. The number of nitrogens with one attached hydrogen (secondary N) is 2. The molecule has 0 aliphatic carbocycles. The Morgan fingerprint density at radius 1 is 1.16 bits per heavy atom. The fraction of sp³-hybridized carbons (Fsp3) is 0.238. The van der Waals surface area contributed by atoms with Crippen molar-refractivity contribution in [2.45, 2.75) is 26.2 Å². The van der Waals surface area contributed by atoms with Gasteiger partial charge in [-0.2, -0.15) is 0 Å². The standard InChI is InChI=1S/C21H23N3O/c1-15(2)17-10-7-16(8-11-17)9-12-21(25)22-14-13-20-23-18-5-3-4-6-19(18)24-20/h3-12,15H,13-14H2,1-2H3,(H,22,25)(H,23,24)/b12-9+. The number of aromatic nitrogens is 2. The number of para-hydroxylation sites is 2. The summed E-state index contributed by atoms with van der Waals surface area (Å²) in [4.78, 5) is 19.7. The second-order valence-electron chi connectivity index (χ2n) is 6.40. The molecule has 1 amide bonds. The van der Waals surface area contributed by atoms with Crippen LogP contribution in [0.15, 0.2) is 54.6 Å². The maximum absolute atomic E-state index is 11.9. The molecule has 4 nitrogen and oxygen atoms in total. The van der Waals surface area contributed by atoms with Crippen molar-refractivity contribution in [1.82, 2.24) is 15.3 Å². The molecule has 128 valence electrons. The molecule has 0 saturated carbocycles. The molecule has 1 aromatic heterocycles. The van der Waals surface area contributed by atoms with Gasteiger partial charge in [0.1, 0.15) is 5.82 Å². The molecule has 4 heteroatoms. The van der Waals surface area contributed by atoms with Gasteiger partial charge in [-0.1, -0.05) is 50.2 Å². The van der Waals surface area contributed by atoms with Gasteiger partial charge in [0.15, 0.2) is 0 Å². The van der Waals surface area contributed by atoms with Crippen molar-refractivity contribution in [3.63, 3.8) is 0 Å². The third-order valence-electron chi connectivity index (χ3n) is 4.13. The SMILES string of the molecule is CC(C)c1ccc(/C=C/C(=O)NCCc2nc3ccccc3[nH]2)cc1. The molecule has 0 aliphatic rings. The smallest absolute Gasteiger partial charge is 0.244 e. The Morgan fingerprint density at radius 2 is 1.92 bits per heavy atom. The largest absolute Gasteiger partial charge is 0.352 e. The minimum absolute atomic E-state index is 0.0935. The second kappa shape index (κ2) is 7.79. The molecule has 0 fully saturated rings. The first kappa shape index (κ1) is 17.0. The van der Waals surface area contributed by atoms with E-state index in [0.717, 1.165) is 22.4 Å². The van der Waals surface area contributed by atoms with Gasteiger partial charge >= 0.3 is 0 Å². The van der Waals surface area contributed by atoms with E-state index in [1.54, 1.807) is 6.08 Å². The Hall–Kier alpha value is -2.88. The summed E-state index contributed by atoms with van der Waals surface area (Å²) in [5, 5.41) is 2.89. The van der Waals surface area contributed by atoms with Crippen LogP contribution in [0.5, 0.6) is 0 Å². The molecule has 0 atom stereocenters. The summed E-state index contributed by atoms with van der Waals surface area (Å²) in [5.41, 5.74) is 4.30. The summed E-state index contributed by atoms with van der Waals surface area (Å²) in [6.45, 7) is 4.88. The summed E-state index contributed by atoms with van der Waals surface area (Å²) in [5.74, 6) is 1.30. The van der Waals surface area contributed by atoms with Crippen LogP contribution in [0.1, 0.15) is 36.7 Å². The van der Waals surface area contributed by atoms with Crippen LogP contribution in [0.2, 0.25) is 0 Å². The lowest BCUT2D eigenvalue weighted by atomic mass is 10.0. The van der Waals surface area contributed by atoms with E-state index >= 15 is 0 Å². The van der Waals surface area contributed by atoms with Crippen LogP contribution in [0.3, 0.4) is 0 Å². The van der Waals surface area contributed by atoms with Gasteiger partial charge in [-0.3, -0.25) is 4.79 Å². The molecule has 2 N–H and O–H groups in total. The molecule has 0 spiro atoms. The highest BCUT2D eigenvalue weighted by Crippen LogP contribution is 2.15. The number of H-pyrrole nitrogens is 1. The number of hydrogen-bond acceptors (Lipinski definition) is 2. The van der Waals surface area contributed by atoms with E-state index in [4.69, 9.17) is 0 Å². The fourth-order valence-electron chi connectivity index (χ4n) is 2.65. The highest BCUT2D eigenvalue weighted by molar-refractivity contribution is 5.91. The van der Waals surface area contributed by atoms with Crippen LogP contribution in [0.4, 0.5) is 0 Å². The summed E-state index contributed by atoms with van der Waals surface area (Å²) in [7, 11) is 0. The number of carbonyl (C=O) groups excluding carboxylic acids is 1. The molecular formula is C21H23N3O. The molecular weight excluding hydrogens is 310 g/mol. The lowest BCUT2D eigenvalue weighted by molar-refractivity contribution is -0.116. The Kier molecular flexibility index (Phi) is 5.29. The molecule has 0 radical (unpaired) electrons. The van der Waals surface area contributed by atoms with Gasteiger partial charge in [-0.05, 0) is 35.3 Å². The number of aromatic amines is 1. The molecule has 0 saturated heterocycles. The predicted octanol–water partition coefficient (Wildman–Crippen LogP) is 4.06. The maximum atomic E-state index is 11.9. The summed E-state index contributed by atoms with van der Waals surface area (Å²) in [6, 6.07) is 16.2. The van der Waals surface area contributed by atoms with Crippen molar-refractivity contribution < 1.29 is 4.79 Å². The molecule has 3 aromatic rings. The first-order chi connectivity index (χ1) is 12.1. The minimum Gasteiger partial charge on any atom is -0.352 e. The van der Waals surface area contributed by atoms with Gasteiger partial charge in [0.2, 0.25) is 5.91 Å². The topological polar surface area (TPSA) is 57.8 Å². The van der Waals surface area contributed by atoms with Crippen molar-refractivity contribution in [2.24, 2.45) is 0 Å². The Morgan fingerprint density at radius 3 is 2.64 bits per heavy atom. The van der Waals surface area contributed by atoms with E-state index in [1.807, 2.05) is 42.5 Å². The van der Waals surface area contributed by atoms with Crippen LogP contribution < -0.4 is 5.32 Å². The monoisotopic (exact) mass is 333 g/mol. The average molecular weight is 333 g/mol. The van der Waals surface area contributed by atoms with Crippen molar-refractivity contribution >= 4 is 23.0 Å². The van der Waals surface area contributed by atoms with Crippen molar-refractivity contribution in [3.05, 3.63) is 71.6 Å². The minimum atomic E-state index is -0.0935. The Bertz CT molecular complexity index is 843. The molecule has 1 heterocycles. The summed E-state index contributed by atoms with van der Waals surface area (Å²) in [6.07, 6.45) is 4.08. The van der Waals surface area contributed by atoms with Crippen LogP contribution in [-0.4, -0.2) is 22.4 Å². The van der Waals surface area contributed by atoms with E-state index in [-0.39, 0.29) is 5.91 Å². The van der Waals surface area contributed by atoms with E-state index < -0.39 is 0 Å². The first-order valence-corrected chi connectivity index (χ1v) is 8.61.